The maximum absolute atomic E-state index is 11.8. The van der Waals surface area contributed by atoms with Gasteiger partial charge in [0.2, 0.25) is 0 Å². The predicted octanol–water partition coefficient (Wildman–Crippen LogP) is 2.81. The Morgan fingerprint density at radius 2 is 1.96 bits per heavy atom. The predicted molar refractivity (Wildman–Crippen MR) is 82.0 cm³/mol. The van der Waals surface area contributed by atoms with Gasteiger partial charge in [-0.25, -0.2) is 9.59 Å². The van der Waals surface area contributed by atoms with Crippen molar-refractivity contribution < 1.29 is 24.4 Å². The number of aliphatic carboxylic acids is 1. The number of non-ortho nitro benzene ring substituents is 1. The van der Waals surface area contributed by atoms with E-state index < -0.39 is 23.0 Å². The Morgan fingerprint density at radius 1 is 1.35 bits per heavy atom. The van der Waals surface area contributed by atoms with E-state index in [0.29, 0.717) is 24.9 Å². The number of nitrogens with zero attached hydrogens (tertiary/aromatic N) is 2. The van der Waals surface area contributed by atoms with E-state index in [1.165, 1.54) is 29.2 Å². The number of carbonyl (C=O) groups is 2. The highest BCUT2D eigenvalue weighted by Crippen LogP contribution is 2.19. The van der Waals surface area contributed by atoms with Gasteiger partial charge in [0.15, 0.2) is 0 Å². The van der Waals surface area contributed by atoms with Gasteiger partial charge in [-0.05, 0) is 30.5 Å². The molecular formula is C15H20N2O6. The van der Waals surface area contributed by atoms with Gasteiger partial charge in [-0.2, -0.15) is 0 Å². The van der Waals surface area contributed by atoms with Crippen molar-refractivity contribution in [3.63, 3.8) is 0 Å². The maximum Gasteiger partial charge on any atom is 0.410 e. The molecule has 1 N–H and O–H groups in total. The van der Waals surface area contributed by atoms with Crippen LogP contribution >= 0.6 is 0 Å². The Bertz CT molecular complexity index is 558. The number of ether oxygens (including phenoxy) is 1. The van der Waals surface area contributed by atoms with E-state index in [0.717, 1.165) is 0 Å². The molecule has 0 spiro atoms. The third-order valence-electron chi connectivity index (χ3n) is 3.28. The first-order valence-corrected chi connectivity index (χ1v) is 7.38. The highest BCUT2D eigenvalue weighted by atomic mass is 16.6. The number of benzene rings is 1. The number of hydrogen-bond acceptors (Lipinski definition) is 5. The largest absolute Gasteiger partial charge is 0.480 e. The first-order valence-electron chi connectivity index (χ1n) is 7.38. The van der Waals surface area contributed by atoms with Gasteiger partial charge in [-0.15, -0.1) is 0 Å². The fraction of sp³-hybridized carbons (Fsp3) is 0.467. The van der Waals surface area contributed by atoms with E-state index >= 15 is 0 Å². The van der Waals surface area contributed by atoms with Gasteiger partial charge in [0, 0.05) is 18.7 Å². The first kappa shape index (κ1) is 18.4. The number of nitro groups is 1. The summed E-state index contributed by atoms with van der Waals surface area (Å²) in [5.41, 5.74) is 0.551. The van der Waals surface area contributed by atoms with Gasteiger partial charge in [-0.3, -0.25) is 15.0 Å². The Kier molecular flexibility index (Phi) is 6.98. The fourth-order valence-electron chi connectivity index (χ4n) is 2.18. The van der Waals surface area contributed by atoms with Crippen molar-refractivity contribution in [3.05, 3.63) is 39.9 Å². The van der Waals surface area contributed by atoms with Crippen LogP contribution in [0.2, 0.25) is 0 Å². The minimum Gasteiger partial charge on any atom is -0.480 e. The smallest absolute Gasteiger partial charge is 0.410 e. The van der Waals surface area contributed by atoms with E-state index in [1.54, 1.807) is 0 Å². The molecule has 0 bridgehead atoms. The molecule has 1 aliphatic heterocycles. The molecule has 0 radical (unpaired) electrons. The van der Waals surface area contributed by atoms with Crippen LogP contribution in [0.5, 0.6) is 0 Å². The third-order valence-corrected chi connectivity index (χ3v) is 3.28. The summed E-state index contributed by atoms with van der Waals surface area (Å²) in [4.78, 5) is 34.0. The molecule has 1 amide bonds. The number of amides is 1. The van der Waals surface area contributed by atoms with Gasteiger partial charge >= 0.3 is 12.1 Å². The third kappa shape index (κ3) is 4.94. The molecule has 1 aromatic carbocycles. The van der Waals surface area contributed by atoms with Crippen LogP contribution in [0.15, 0.2) is 24.3 Å². The minimum atomic E-state index is -1.04. The summed E-state index contributed by atoms with van der Waals surface area (Å²) >= 11 is 0. The van der Waals surface area contributed by atoms with Crippen LogP contribution in [0.3, 0.4) is 0 Å². The monoisotopic (exact) mass is 324 g/mol. The van der Waals surface area contributed by atoms with Crippen molar-refractivity contribution >= 4 is 17.7 Å². The first-order chi connectivity index (χ1) is 11.0. The van der Waals surface area contributed by atoms with Crippen LogP contribution in [0.4, 0.5) is 10.5 Å². The van der Waals surface area contributed by atoms with Crippen molar-refractivity contribution in [1.82, 2.24) is 4.90 Å². The van der Waals surface area contributed by atoms with Gasteiger partial charge < -0.3 is 9.84 Å². The van der Waals surface area contributed by atoms with Crippen LogP contribution < -0.4 is 0 Å². The molecule has 8 heteroatoms. The molecule has 1 heterocycles. The Hall–Kier alpha value is -2.64. The second kappa shape index (κ2) is 8.72. The van der Waals surface area contributed by atoms with Crippen molar-refractivity contribution in [2.75, 3.05) is 6.54 Å². The Morgan fingerprint density at radius 3 is 2.48 bits per heavy atom. The number of hydrogen-bond donors (Lipinski definition) is 1. The molecule has 126 valence electrons. The number of carboxylic acid groups (broad SMARTS) is 1. The highest BCUT2D eigenvalue weighted by molar-refractivity contribution is 5.80. The standard InChI is InChI=1S/C13H14N2O6.C2H6/c16-12(17)11-2-1-7-14(11)13(18)21-8-9-3-5-10(6-4-9)15(19)20;1-2/h3-6,11H,1-2,7-8H2,(H,16,17);1-2H3/t11-;/m0./s1. The lowest BCUT2D eigenvalue weighted by Crippen LogP contribution is -2.40. The molecule has 1 saturated heterocycles. The molecule has 1 atom stereocenters. The summed E-state index contributed by atoms with van der Waals surface area (Å²) in [5, 5.41) is 19.5. The summed E-state index contributed by atoms with van der Waals surface area (Å²) in [6, 6.07) is 4.78. The van der Waals surface area contributed by atoms with Gasteiger partial charge in [0.05, 0.1) is 4.92 Å². The molecule has 0 unspecified atom stereocenters. The summed E-state index contributed by atoms with van der Waals surface area (Å²) in [6.45, 7) is 4.30. The topological polar surface area (TPSA) is 110 Å². The lowest BCUT2D eigenvalue weighted by atomic mass is 10.2. The van der Waals surface area contributed by atoms with Crippen molar-refractivity contribution in [2.45, 2.75) is 39.3 Å². The van der Waals surface area contributed by atoms with Gasteiger partial charge in [0.25, 0.3) is 5.69 Å². The molecule has 8 nitrogen and oxygen atoms in total. The van der Waals surface area contributed by atoms with E-state index in [1.807, 2.05) is 13.8 Å². The summed E-state index contributed by atoms with van der Waals surface area (Å²) in [6.07, 6.45) is 0.365. The number of likely N-dealkylation sites (tertiary alicyclic amines) is 1. The molecular weight excluding hydrogens is 304 g/mol. The number of rotatable bonds is 4. The quantitative estimate of drug-likeness (QED) is 0.673. The molecule has 0 saturated carbocycles. The summed E-state index contributed by atoms with van der Waals surface area (Å²) < 4.78 is 5.05. The van der Waals surface area contributed by atoms with Crippen LogP contribution in [-0.2, 0) is 16.1 Å². The fourth-order valence-corrected chi connectivity index (χ4v) is 2.18. The number of nitro benzene ring substituents is 1. The normalized spacial score (nSPS) is 16.3. The molecule has 1 aliphatic rings. The molecule has 1 fully saturated rings. The lowest BCUT2D eigenvalue weighted by molar-refractivity contribution is -0.384. The summed E-state index contributed by atoms with van der Waals surface area (Å²) in [7, 11) is 0. The Labute approximate surface area is 133 Å². The SMILES string of the molecule is CC.O=C(O)[C@@H]1CCCN1C(=O)OCc1ccc([N+](=O)[O-])cc1. The molecule has 0 aromatic heterocycles. The number of carboxylic acids is 1. The second-order valence-corrected chi connectivity index (χ2v) is 4.67. The van der Waals surface area contributed by atoms with Gasteiger partial charge in [0.1, 0.15) is 12.6 Å². The maximum atomic E-state index is 11.8. The molecule has 2 rings (SSSR count). The van der Waals surface area contributed by atoms with Crippen LogP contribution in [0.25, 0.3) is 0 Å². The van der Waals surface area contributed by atoms with Crippen LogP contribution in [0.1, 0.15) is 32.3 Å². The Balaban J connectivity index is 0.00000127. The lowest BCUT2D eigenvalue weighted by Gasteiger charge is -2.20. The molecule has 23 heavy (non-hydrogen) atoms. The molecule has 1 aromatic rings. The molecule has 0 aliphatic carbocycles. The zero-order valence-corrected chi connectivity index (χ0v) is 13.1. The van der Waals surface area contributed by atoms with E-state index in [4.69, 9.17) is 9.84 Å². The highest BCUT2D eigenvalue weighted by Gasteiger charge is 2.34. The van der Waals surface area contributed by atoms with Crippen LogP contribution in [0, 0.1) is 10.1 Å². The van der Waals surface area contributed by atoms with Crippen molar-refractivity contribution in [1.29, 1.82) is 0 Å². The average molecular weight is 324 g/mol. The van der Waals surface area contributed by atoms with E-state index in [2.05, 4.69) is 0 Å². The van der Waals surface area contributed by atoms with Crippen molar-refractivity contribution in [2.24, 2.45) is 0 Å². The van der Waals surface area contributed by atoms with Crippen LogP contribution in [-0.4, -0.2) is 39.6 Å². The van der Waals surface area contributed by atoms with Gasteiger partial charge in [-0.1, -0.05) is 13.8 Å². The van der Waals surface area contributed by atoms with E-state index in [9.17, 15) is 19.7 Å². The minimum absolute atomic E-state index is 0.0458. The zero-order chi connectivity index (χ0) is 17.4. The second-order valence-electron chi connectivity index (χ2n) is 4.67. The summed E-state index contributed by atoms with van der Waals surface area (Å²) in [5.74, 6) is -1.04. The average Bonchev–Trinajstić information content (AvgIpc) is 3.05. The van der Waals surface area contributed by atoms with E-state index in [-0.39, 0.29) is 12.3 Å². The van der Waals surface area contributed by atoms with Crippen molar-refractivity contribution in [3.8, 4) is 0 Å². The number of carbonyl (C=O) groups excluding carboxylic acids is 1. The zero-order valence-electron chi connectivity index (χ0n) is 13.1.